The van der Waals surface area contributed by atoms with Gasteiger partial charge in [-0.05, 0) is 42.9 Å². The molecule has 7 heteroatoms. The van der Waals surface area contributed by atoms with Gasteiger partial charge in [-0.1, -0.05) is 6.07 Å². The second-order valence-corrected chi connectivity index (χ2v) is 7.61. The van der Waals surface area contributed by atoms with Crippen molar-refractivity contribution in [3.05, 3.63) is 57.2 Å². The summed E-state index contributed by atoms with van der Waals surface area (Å²) in [5, 5.41) is 3.62. The standard InChI is InChI=1S/C19H20N4O2S/c24-16(21-11-13-4-3-8-20-10-13)7-9-23-12-22-18-17(19(23)25)14-5-1-2-6-15(14)26-18/h3-4,8,10,12H,1-2,5-7,9,11H2,(H,21,24). The molecule has 0 fully saturated rings. The summed E-state index contributed by atoms with van der Waals surface area (Å²) in [6.45, 7) is 0.780. The molecule has 0 aliphatic heterocycles. The third kappa shape index (κ3) is 3.39. The Kier molecular flexibility index (Phi) is 4.79. The average molecular weight is 368 g/mol. The van der Waals surface area contributed by atoms with E-state index in [2.05, 4.69) is 15.3 Å². The number of nitrogens with zero attached hydrogens (tertiary/aromatic N) is 3. The predicted molar refractivity (Wildman–Crippen MR) is 101 cm³/mol. The van der Waals surface area contributed by atoms with Crippen LogP contribution in [0, 0.1) is 0 Å². The van der Waals surface area contributed by atoms with E-state index in [4.69, 9.17) is 0 Å². The van der Waals surface area contributed by atoms with Crippen LogP contribution in [0.25, 0.3) is 10.2 Å². The van der Waals surface area contributed by atoms with Crippen molar-refractivity contribution in [2.24, 2.45) is 0 Å². The quantitative estimate of drug-likeness (QED) is 0.750. The lowest BCUT2D eigenvalue weighted by atomic mass is 9.97. The van der Waals surface area contributed by atoms with Crippen molar-refractivity contribution < 1.29 is 4.79 Å². The molecular formula is C19H20N4O2S. The number of fused-ring (bicyclic) bond motifs is 3. The van der Waals surface area contributed by atoms with Crippen LogP contribution in [0.5, 0.6) is 0 Å². The molecule has 134 valence electrons. The van der Waals surface area contributed by atoms with Gasteiger partial charge in [0.25, 0.3) is 5.56 Å². The third-order valence-electron chi connectivity index (χ3n) is 4.73. The normalized spacial score (nSPS) is 13.5. The zero-order valence-electron chi connectivity index (χ0n) is 14.4. The fraction of sp³-hybridized carbons (Fsp3) is 0.368. The second kappa shape index (κ2) is 7.37. The van der Waals surface area contributed by atoms with Crippen LogP contribution < -0.4 is 10.9 Å². The Morgan fingerprint density at radius 2 is 2.19 bits per heavy atom. The lowest BCUT2D eigenvalue weighted by molar-refractivity contribution is -0.121. The van der Waals surface area contributed by atoms with Gasteiger partial charge in [0.2, 0.25) is 5.91 Å². The molecule has 4 rings (SSSR count). The summed E-state index contributed by atoms with van der Waals surface area (Å²) in [5.41, 5.74) is 2.12. The summed E-state index contributed by atoms with van der Waals surface area (Å²) in [6, 6.07) is 3.75. The molecule has 0 aromatic carbocycles. The molecule has 1 aliphatic carbocycles. The molecule has 1 N–H and O–H groups in total. The molecule has 1 amide bonds. The third-order valence-corrected chi connectivity index (χ3v) is 5.93. The Bertz CT molecular complexity index is 994. The van der Waals surface area contributed by atoms with E-state index < -0.39 is 0 Å². The number of pyridine rings is 1. The molecule has 26 heavy (non-hydrogen) atoms. The number of aryl methyl sites for hydroxylation is 3. The van der Waals surface area contributed by atoms with Crippen LogP contribution in [0.2, 0.25) is 0 Å². The van der Waals surface area contributed by atoms with Gasteiger partial charge >= 0.3 is 0 Å². The van der Waals surface area contributed by atoms with Crippen molar-refractivity contribution in [1.82, 2.24) is 19.9 Å². The van der Waals surface area contributed by atoms with E-state index in [1.54, 1.807) is 34.6 Å². The van der Waals surface area contributed by atoms with Gasteiger partial charge in [0.05, 0.1) is 11.7 Å². The van der Waals surface area contributed by atoms with Gasteiger partial charge in [0.15, 0.2) is 0 Å². The number of nitrogens with one attached hydrogen (secondary N) is 1. The van der Waals surface area contributed by atoms with E-state index in [1.165, 1.54) is 16.9 Å². The van der Waals surface area contributed by atoms with E-state index in [0.717, 1.165) is 35.0 Å². The summed E-state index contributed by atoms with van der Waals surface area (Å²) >= 11 is 1.64. The lowest BCUT2D eigenvalue weighted by Crippen LogP contribution is -2.27. The van der Waals surface area contributed by atoms with Crippen LogP contribution in [0.4, 0.5) is 0 Å². The molecule has 3 aromatic rings. The first-order valence-corrected chi connectivity index (χ1v) is 9.69. The smallest absolute Gasteiger partial charge is 0.262 e. The van der Waals surface area contributed by atoms with Crippen molar-refractivity contribution in [2.45, 2.75) is 45.2 Å². The molecule has 1 aliphatic rings. The Labute approximate surface area is 154 Å². The van der Waals surface area contributed by atoms with Crippen LogP contribution in [0.15, 0.2) is 35.6 Å². The highest BCUT2D eigenvalue weighted by molar-refractivity contribution is 7.18. The van der Waals surface area contributed by atoms with Crippen molar-refractivity contribution in [2.75, 3.05) is 0 Å². The van der Waals surface area contributed by atoms with Crippen LogP contribution in [-0.4, -0.2) is 20.4 Å². The maximum atomic E-state index is 12.8. The summed E-state index contributed by atoms with van der Waals surface area (Å²) in [4.78, 5) is 35.5. The number of hydrogen-bond donors (Lipinski definition) is 1. The molecule has 0 saturated carbocycles. The van der Waals surface area contributed by atoms with Gasteiger partial charge in [0, 0.05) is 36.8 Å². The lowest BCUT2D eigenvalue weighted by Gasteiger charge is -2.10. The zero-order chi connectivity index (χ0) is 17.9. The first kappa shape index (κ1) is 16.9. The van der Waals surface area contributed by atoms with Crippen molar-refractivity contribution in [3.8, 4) is 0 Å². The van der Waals surface area contributed by atoms with Gasteiger partial charge in [-0.25, -0.2) is 4.98 Å². The van der Waals surface area contributed by atoms with Gasteiger partial charge in [-0.15, -0.1) is 11.3 Å². The average Bonchev–Trinajstić information content (AvgIpc) is 3.06. The minimum absolute atomic E-state index is 0.0190. The summed E-state index contributed by atoms with van der Waals surface area (Å²) < 4.78 is 1.56. The Morgan fingerprint density at radius 1 is 1.31 bits per heavy atom. The summed E-state index contributed by atoms with van der Waals surface area (Å²) in [5.74, 6) is -0.0896. The SMILES string of the molecule is O=C(CCn1cnc2sc3c(c2c1=O)CCCC3)NCc1cccnc1. The molecule has 0 saturated heterocycles. The number of rotatable bonds is 5. The zero-order valence-corrected chi connectivity index (χ0v) is 15.2. The van der Waals surface area contributed by atoms with Crippen molar-refractivity contribution in [1.29, 1.82) is 0 Å². The first-order chi connectivity index (χ1) is 12.7. The van der Waals surface area contributed by atoms with Crippen molar-refractivity contribution in [3.63, 3.8) is 0 Å². The Hall–Kier alpha value is -2.54. The van der Waals surface area contributed by atoms with E-state index in [1.807, 2.05) is 12.1 Å². The van der Waals surface area contributed by atoms with Crippen LogP contribution in [0.1, 0.15) is 35.3 Å². The minimum atomic E-state index is -0.0896. The molecule has 3 aromatic heterocycles. The van der Waals surface area contributed by atoms with E-state index in [9.17, 15) is 9.59 Å². The predicted octanol–water partition coefficient (Wildman–Crippen LogP) is 2.44. The molecule has 0 bridgehead atoms. The monoisotopic (exact) mass is 368 g/mol. The summed E-state index contributed by atoms with van der Waals surface area (Å²) in [6.07, 6.45) is 9.57. The van der Waals surface area contributed by atoms with Gasteiger partial charge in [-0.3, -0.25) is 19.1 Å². The topological polar surface area (TPSA) is 76.9 Å². The molecule has 0 radical (unpaired) electrons. The van der Waals surface area contributed by atoms with E-state index in [0.29, 0.717) is 13.1 Å². The van der Waals surface area contributed by atoms with Gasteiger partial charge in [-0.2, -0.15) is 0 Å². The van der Waals surface area contributed by atoms with Crippen LogP contribution in [0.3, 0.4) is 0 Å². The second-order valence-electron chi connectivity index (χ2n) is 6.52. The highest BCUT2D eigenvalue weighted by atomic mass is 32.1. The molecule has 0 unspecified atom stereocenters. The molecule has 0 atom stereocenters. The fourth-order valence-electron chi connectivity index (χ4n) is 3.35. The number of carbonyl (C=O) groups is 1. The fourth-order valence-corrected chi connectivity index (χ4v) is 4.57. The van der Waals surface area contributed by atoms with Gasteiger partial charge in [0.1, 0.15) is 4.83 Å². The molecule has 0 spiro atoms. The molecular weight excluding hydrogens is 348 g/mol. The number of thiophene rings is 1. The summed E-state index contributed by atoms with van der Waals surface area (Å²) in [7, 11) is 0. The Balaban J connectivity index is 1.45. The van der Waals surface area contributed by atoms with E-state index >= 15 is 0 Å². The molecule has 3 heterocycles. The van der Waals surface area contributed by atoms with E-state index in [-0.39, 0.29) is 17.9 Å². The highest BCUT2D eigenvalue weighted by Gasteiger charge is 2.20. The number of hydrogen-bond acceptors (Lipinski definition) is 5. The number of amides is 1. The maximum absolute atomic E-state index is 12.8. The number of aromatic nitrogens is 3. The van der Waals surface area contributed by atoms with Crippen molar-refractivity contribution >= 4 is 27.5 Å². The van der Waals surface area contributed by atoms with Crippen LogP contribution in [-0.2, 0) is 30.7 Å². The van der Waals surface area contributed by atoms with Gasteiger partial charge < -0.3 is 5.32 Å². The maximum Gasteiger partial charge on any atom is 0.262 e. The highest BCUT2D eigenvalue weighted by Crippen LogP contribution is 2.33. The largest absolute Gasteiger partial charge is 0.352 e. The van der Waals surface area contributed by atoms with Crippen LogP contribution >= 0.6 is 11.3 Å². The first-order valence-electron chi connectivity index (χ1n) is 8.87. The minimum Gasteiger partial charge on any atom is -0.352 e. The Morgan fingerprint density at radius 3 is 3.04 bits per heavy atom. The number of carbonyl (C=O) groups excluding carboxylic acids is 1. The molecule has 6 nitrogen and oxygen atoms in total.